The molecule has 0 saturated heterocycles. The Morgan fingerprint density at radius 1 is 1.24 bits per heavy atom. The third-order valence-corrected chi connectivity index (χ3v) is 9.89. The van der Waals surface area contributed by atoms with E-state index in [9.17, 15) is 14.9 Å². The van der Waals surface area contributed by atoms with Crippen LogP contribution in [0.5, 0.6) is 0 Å². The van der Waals surface area contributed by atoms with E-state index in [0.717, 1.165) is 26.9 Å². The van der Waals surface area contributed by atoms with E-state index in [1.54, 1.807) is 4.90 Å². The summed E-state index contributed by atoms with van der Waals surface area (Å²) in [5.74, 6) is -0.320. The van der Waals surface area contributed by atoms with Crippen LogP contribution in [0.25, 0.3) is 0 Å². The Morgan fingerprint density at radius 2 is 2.00 bits per heavy atom. The van der Waals surface area contributed by atoms with Crippen LogP contribution in [0.15, 0.2) is 73.9 Å². The fraction of sp³-hybridized carbons (Fsp3) is 0.300. The fourth-order valence-corrected chi connectivity index (χ4v) is 7.61. The Bertz CT molecular complexity index is 1670. The predicted molar refractivity (Wildman–Crippen MR) is 166 cm³/mol. The lowest BCUT2D eigenvalue weighted by atomic mass is 9.68. The van der Waals surface area contributed by atoms with Crippen molar-refractivity contribution in [1.82, 2.24) is 10.2 Å². The molecule has 3 N–H and O–H groups in total. The molecule has 1 unspecified atom stereocenters. The maximum absolute atomic E-state index is 13.7. The first kappa shape index (κ1) is 29.0. The molecule has 5 rings (SSSR count). The van der Waals surface area contributed by atoms with Crippen LogP contribution < -0.4 is 16.0 Å². The normalized spacial score (nSPS) is 18.3. The molecule has 11 heteroatoms. The zero-order valence-electron chi connectivity index (χ0n) is 23.1. The van der Waals surface area contributed by atoms with Crippen LogP contribution in [0.4, 0.5) is 10.8 Å². The minimum Gasteiger partial charge on any atom is -0.384 e. The van der Waals surface area contributed by atoms with Crippen LogP contribution in [-0.4, -0.2) is 27.6 Å². The molecule has 0 fully saturated rings. The zero-order valence-corrected chi connectivity index (χ0v) is 26.3. The molecule has 2 heterocycles. The number of nitriles is 1. The average molecular weight is 650 g/mol. The second kappa shape index (κ2) is 11.4. The van der Waals surface area contributed by atoms with Crippen molar-refractivity contribution >= 4 is 61.5 Å². The number of benzene rings is 2. The van der Waals surface area contributed by atoms with Gasteiger partial charge in [0.15, 0.2) is 10.1 Å². The Labute approximate surface area is 255 Å². The lowest BCUT2D eigenvalue weighted by Gasteiger charge is -2.42. The summed E-state index contributed by atoms with van der Waals surface area (Å²) in [6, 6.07) is 15.8. The fourth-order valence-electron chi connectivity index (χ4n) is 5.34. The van der Waals surface area contributed by atoms with E-state index in [1.807, 2.05) is 56.3 Å². The number of rotatable bonds is 6. The second-order valence-corrected chi connectivity index (χ2v) is 14.0. The number of Topliss-reactive ketones (excluding diaryl/α,β-unsaturated/α-hetero) is 1. The van der Waals surface area contributed by atoms with Crippen molar-refractivity contribution in [2.45, 2.75) is 50.8 Å². The summed E-state index contributed by atoms with van der Waals surface area (Å²) < 4.78 is 1.39. The maximum atomic E-state index is 13.7. The van der Waals surface area contributed by atoms with Gasteiger partial charge in [-0.15, -0.1) is 10.2 Å². The first-order chi connectivity index (χ1) is 19.5. The number of amides is 1. The van der Waals surface area contributed by atoms with Gasteiger partial charge in [-0.3, -0.25) is 14.5 Å². The van der Waals surface area contributed by atoms with E-state index < -0.39 is 5.92 Å². The van der Waals surface area contributed by atoms with Crippen LogP contribution in [0, 0.1) is 30.6 Å². The Balaban J connectivity index is 1.46. The van der Waals surface area contributed by atoms with Crippen molar-refractivity contribution in [3.8, 4) is 6.07 Å². The molecular weight excluding hydrogens is 620 g/mol. The molecule has 2 aromatic carbocycles. The number of carbonyl (C=O) groups is 2. The average Bonchev–Trinajstić information content (AvgIpc) is 3.36. The largest absolute Gasteiger partial charge is 0.384 e. The van der Waals surface area contributed by atoms with Gasteiger partial charge in [-0.1, -0.05) is 67.3 Å². The van der Waals surface area contributed by atoms with Crippen LogP contribution in [0.2, 0.25) is 0 Å². The predicted octanol–water partition coefficient (Wildman–Crippen LogP) is 6.59. The zero-order chi connectivity index (χ0) is 29.5. The van der Waals surface area contributed by atoms with Crippen molar-refractivity contribution in [1.29, 1.82) is 5.26 Å². The molecule has 2 aliphatic rings. The van der Waals surface area contributed by atoms with Crippen LogP contribution in [0.3, 0.4) is 0 Å². The van der Waals surface area contributed by atoms with Gasteiger partial charge in [-0.2, -0.15) is 5.26 Å². The van der Waals surface area contributed by atoms with Gasteiger partial charge in [0.05, 0.1) is 29.0 Å². The van der Waals surface area contributed by atoms with E-state index in [1.165, 1.54) is 23.1 Å². The van der Waals surface area contributed by atoms with Crippen LogP contribution in [-0.2, 0) is 9.59 Å². The quantitative estimate of drug-likeness (QED) is 0.287. The highest BCUT2D eigenvalue weighted by atomic mass is 79.9. The van der Waals surface area contributed by atoms with E-state index in [2.05, 4.69) is 51.4 Å². The molecule has 1 amide bonds. The number of hydrogen-bond donors (Lipinski definition) is 2. The number of halogens is 1. The summed E-state index contributed by atoms with van der Waals surface area (Å²) in [7, 11) is 0. The number of ketones is 1. The molecule has 1 aromatic heterocycles. The number of nitrogens with one attached hydrogen (secondary N) is 1. The minimum absolute atomic E-state index is 0.00723. The number of nitrogens with two attached hydrogens (primary N) is 1. The summed E-state index contributed by atoms with van der Waals surface area (Å²) in [5.41, 5.74) is 11.8. The summed E-state index contributed by atoms with van der Waals surface area (Å²) in [6.07, 6.45) is 0.968. The van der Waals surface area contributed by atoms with Gasteiger partial charge in [0.2, 0.25) is 11.0 Å². The van der Waals surface area contributed by atoms with Crippen molar-refractivity contribution in [2.75, 3.05) is 16.0 Å². The standard InChI is InChI=1S/C30H29BrN6O2S2/c1-16-9-10-21(20(31)11-16)34-24(39)15-40-29-36-35-28(41-29)37-22-12-30(3,4)13-23(38)26(22)25(19(14-32)27(37)33)18-8-6-5-7-17(18)2/h5-11,25H,12-13,15,33H2,1-4H3,(H,34,39). The molecule has 1 aliphatic heterocycles. The maximum Gasteiger partial charge on any atom is 0.234 e. The highest BCUT2D eigenvalue weighted by Crippen LogP contribution is 2.51. The van der Waals surface area contributed by atoms with Crippen molar-refractivity contribution in [3.05, 3.63) is 86.3 Å². The molecule has 0 saturated carbocycles. The van der Waals surface area contributed by atoms with Crippen molar-refractivity contribution < 1.29 is 9.59 Å². The van der Waals surface area contributed by atoms with Gasteiger partial charge in [-0.05, 0) is 70.4 Å². The lowest BCUT2D eigenvalue weighted by molar-refractivity contribution is -0.118. The third-order valence-electron chi connectivity index (χ3n) is 7.19. The van der Waals surface area contributed by atoms with Gasteiger partial charge in [-0.25, -0.2) is 0 Å². The molecule has 1 aliphatic carbocycles. The van der Waals surface area contributed by atoms with E-state index >= 15 is 0 Å². The second-order valence-electron chi connectivity index (χ2n) is 11.0. The van der Waals surface area contributed by atoms with Gasteiger partial charge in [0.1, 0.15) is 5.82 Å². The van der Waals surface area contributed by atoms with E-state index in [-0.39, 0.29) is 28.7 Å². The number of anilines is 2. The lowest BCUT2D eigenvalue weighted by Crippen LogP contribution is -2.42. The molecule has 0 bridgehead atoms. The SMILES string of the molecule is Cc1ccc(NC(=O)CSc2nnc(N3C(N)=C(C#N)C(c4ccccc4C)C4=C3CC(C)(C)CC4=O)s2)c(Br)c1. The molecule has 3 aromatic rings. The first-order valence-corrected chi connectivity index (χ1v) is 15.6. The summed E-state index contributed by atoms with van der Waals surface area (Å²) in [4.78, 5) is 28.1. The van der Waals surface area contributed by atoms with Gasteiger partial charge in [0, 0.05) is 22.2 Å². The van der Waals surface area contributed by atoms with Gasteiger partial charge < -0.3 is 11.1 Å². The molecule has 0 radical (unpaired) electrons. The monoisotopic (exact) mass is 648 g/mol. The van der Waals surface area contributed by atoms with Crippen LogP contribution >= 0.6 is 39.0 Å². The van der Waals surface area contributed by atoms with Gasteiger partial charge >= 0.3 is 0 Å². The molecular formula is C30H29BrN6O2S2. The first-order valence-electron chi connectivity index (χ1n) is 13.0. The topological polar surface area (TPSA) is 125 Å². The van der Waals surface area contributed by atoms with Crippen LogP contribution in [0.1, 0.15) is 49.3 Å². The highest BCUT2D eigenvalue weighted by molar-refractivity contribution is 9.10. The summed E-state index contributed by atoms with van der Waals surface area (Å²) in [6.45, 7) is 8.07. The molecule has 210 valence electrons. The Kier molecular flexibility index (Phi) is 8.10. The van der Waals surface area contributed by atoms with E-state index in [0.29, 0.717) is 39.1 Å². The minimum atomic E-state index is -0.539. The number of aryl methyl sites for hydroxylation is 2. The summed E-state index contributed by atoms with van der Waals surface area (Å²) >= 11 is 6.02. The number of carbonyl (C=O) groups excluding carboxylic acids is 2. The number of nitrogens with zero attached hydrogens (tertiary/aromatic N) is 4. The number of hydrogen-bond acceptors (Lipinski definition) is 9. The Hall–Kier alpha value is -3.46. The van der Waals surface area contributed by atoms with Crippen molar-refractivity contribution in [2.24, 2.45) is 11.1 Å². The highest BCUT2D eigenvalue weighted by Gasteiger charge is 2.45. The van der Waals surface area contributed by atoms with E-state index in [4.69, 9.17) is 5.73 Å². The van der Waals surface area contributed by atoms with Crippen molar-refractivity contribution in [3.63, 3.8) is 0 Å². The molecule has 8 nitrogen and oxygen atoms in total. The van der Waals surface area contributed by atoms with Gasteiger partial charge in [0.25, 0.3) is 0 Å². The Morgan fingerprint density at radius 3 is 2.71 bits per heavy atom. The molecule has 41 heavy (non-hydrogen) atoms. The number of allylic oxidation sites excluding steroid dienone is 3. The molecule has 1 atom stereocenters. The molecule has 0 spiro atoms. The number of thioether (sulfide) groups is 1. The third kappa shape index (κ3) is 5.82. The summed E-state index contributed by atoms with van der Waals surface area (Å²) in [5, 5.41) is 22.4. The smallest absolute Gasteiger partial charge is 0.234 e. The number of aromatic nitrogens is 2.